The first-order valence-corrected chi connectivity index (χ1v) is 7.62. The first kappa shape index (κ1) is 13.8. The van der Waals surface area contributed by atoms with Gasteiger partial charge in [0.15, 0.2) is 5.13 Å². The van der Waals surface area contributed by atoms with Gasteiger partial charge in [0.25, 0.3) is 0 Å². The number of nitrogens with zero attached hydrogens (tertiary/aromatic N) is 2. The van der Waals surface area contributed by atoms with Gasteiger partial charge in [-0.15, -0.1) is 0 Å². The molecule has 0 radical (unpaired) electrons. The molecule has 0 bridgehead atoms. The first-order valence-electron chi connectivity index (χ1n) is 5.41. The van der Waals surface area contributed by atoms with Gasteiger partial charge in [-0.2, -0.15) is 11.8 Å². The minimum Gasteiger partial charge on any atom is -0.388 e. The molecule has 92 valence electrons. The van der Waals surface area contributed by atoms with E-state index < -0.39 is 6.10 Å². The summed E-state index contributed by atoms with van der Waals surface area (Å²) in [6.45, 7) is 3.98. The van der Waals surface area contributed by atoms with Crippen LogP contribution in [0.15, 0.2) is 6.20 Å². The Morgan fingerprint density at radius 3 is 2.75 bits per heavy atom. The molecule has 0 aromatic carbocycles. The molecular formula is C11H20N2OS2. The zero-order valence-corrected chi connectivity index (χ0v) is 11.9. The smallest absolute Gasteiger partial charge is 0.185 e. The van der Waals surface area contributed by atoms with Crippen LogP contribution in [-0.4, -0.2) is 35.2 Å². The average molecular weight is 260 g/mol. The maximum atomic E-state index is 9.45. The van der Waals surface area contributed by atoms with Crippen molar-refractivity contribution < 1.29 is 5.11 Å². The predicted molar refractivity (Wildman–Crippen MR) is 73.6 cm³/mol. The average Bonchev–Trinajstić information content (AvgIpc) is 2.74. The second-order valence-electron chi connectivity index (χ2n) is 3.96. The van der Waals surface area contributed by atoms with E-state index >= 15 is 0 Å². The van der Waals surface area contributed by atoms with Crippen molar-refractivity contribution in [3.8, 4) is 0 Å². The van der Waals surface area contributed by atoms with E-state index in [1.807, 2.05) is 11.8 Å². The van der Waals surface area contributed by atoms with Crippen molar-refractivity contribution in [3.63, 3.8) is 0 Å². The summed E-state index contributed by atoms with van der Waals surface area (Å²) in [7, 11) is 2.07. The van der Waals surface area contributed by atoms with Gasteiger partial charge < -0.3 is 10.0 Å². The van der Waals surface area contributed by atoms with Crippen LogP contribution in [-0.2, 0) is 0 Å². The molecule has 2 atom stereocenters. The van der Waals surface area contributed by atoms with Crippen LogP contribution in [0.4, 0.5) is 5.13 Å². The first-order chi connectivity index (χ1) is 7.56. The van der Waals surface area contributed by atoms with Crippen LogP contribution in [0.5, 0.6) is 0 Å². The third-order valence-electron chi connectivity index (χ3n) is 2.63. The number of rotatable bonds is 6. The zero-order chi connectivity index (χ0) is 12.1. The molecule has 0 aliphatic rings. The largest absolute Gasteiger partial charge is 0.388 e. The minimum absolute atomic E-state index is 0.416. The quantitative estimate of drug-likeness (QED) is 0.853. The summed E-state index contributed by atoms with van der Waals surface area (Å²) >= 11 is 3.44. The number of anilines is 1. The molecule has 1 aromatic heterocycles. The van der Waals surface area contributed by atoms with E-state index in [4.69, 9.17) is 0 Å². The standard InChI is InChI=1S/C11H20N2OS2/c1-8(5-6-15-4)13(3)11-12-7-10(16-11)9(2)14/h7-9,14H,5-6H2,1-4H3. The van der Waals surface area contributed by atoms with Crippen LogP contribution in [0.3, 0.4) is 0 Å². The van der Waals surface area contributed by atoms with Crippen LogP contribution >= 0.6 is 23.1 Å². The number of hydrogen-bond donors (Lipinski definition) is 1. The summed E-state index contributed by atoms with van der Waals surface area (Å²) in [5, 5.41) is 10.4. The highest BCUT2D eigenvalue weighted by Crippen LogP contribution is 2.27. The van der Waals surface area contributed by atoms with E-state index in [0.29, 0.717) is 6.04 Å². The van der Waals surface area contributed by atoms with Gasteiger partial charge in [-0.05, 0) is 32.3 Å². The molecule has 0 spiro atoms. The maximum absolute atomic E-state index is 9.45. The fourth-order valence-corrected chi connectivity index (χ4v) is 2.80. The van der Waals surface area contributed by atoms with E-state index in [-0.39, 0.29) is 0 Å². The van der Waals surface area contributed by atoms with Crippen molar-refractivity contribution in [1.82, 2.24) is 4.98 Å². The summed E-state index contributed by atoms with van der Waals surface area (Å²) in [5.74, 6) is 1.17. The molecule has 1 N–H and O–H groups in total. The third kappa shape index (κ3) is 3.64. The van der Waals surface area contributed by atoms with Crippen molar-refractivity contribution in [3.05, 3.63) is 11.1 Å². The van der Waals surface area contributed by atoms with Crippen LogP contribution < -0.4 is 4.90 Å². The summed E-state index contributed by atoms with van der Waals surface area (Å²) in [6.07, 6.45) is 4.63. The number of aliphatic hydroxyl groups excluding tert-OH is 1. The molecule has 1 aromatic rings. The maximum Gasteiger partial charge on any atom is 0.185 e. The van der Waals surface area contributed by atoms with Gasteiger partial charge in [0.2, 0.25) is 0 Å². The molecule has 1 heterocycles. The van der Waals surface area contributed by atoms with Crippen molar-refractivity contribution in [1.29, 1.82) is 0 Å². The molecule has 0 fully saturated rings. The lowest BCUT2D eigenvalue weighted by molar-refractivity contribution is 0.203. The summed E-state index contributed by atoms with van der Waals surface area (Å²) < 4.78 is 0. The van der Waals surface area contributed by atoms with Crippen molar-refractivity contribution in [2.75, 3.05) is 24.0 Å². The molecule has 0 aliphatic carbocycles. The Bertz CT molecular complexity index is 315. The van der Waals surface area contributed by atoms with Gasteiger partial charge in [0, 0.05) is 19.3 Å². The Kier molecular flexibility index (Phi) is 5.58. The number of aromatic nitrogens is 1. The predicted octanol–water partition coefficient (Wildman–Crippen LogP) is 2.77. The van der Waals surface area contributed by atoms with Crippen molar-refractivity contribution >= 4 is 28.2 Å². The van der Waals surface area contributed by atoms with E-state index in [9.17, 15) is 5.11 Å². The summed E-state index contributed by atoms with van der Waals surface area (Å²) in [6, 6.07) is 0.487. The SMILES string of the molecule is CSCCC(C)N(C)c1ncc(C(C)O)s1. The normalized spacial score (nSPS) is 14.8. The molecule has 2 unspecified atom stereocenters. The minimum atomic E-state index is -0.416. The highest BCUT2D eigenvalue weighted by Gasteiger charge is 2.14. The molecule has 5 heteroatoms. The number of thioether (sulfide) groups is 1. The molecule has 0 saturated heterocycles. The van der Waals surface area contributed by atoms with Gasteiger partial charge >= 0.3 is 0 Å². The van der Waals surface area contributed by atoms with E-state index in [2.05, 4.69) is 30.1 Å². The number of thiazole rings is 1. The summed E-state index contributed by atoms with van der Waals surface area (Å²) in [4.78, 5) is 7.46. The Balaban J connectivity index is 2.60. The third-order valence-corrected chi connectivity index (χ3v) is 4.53. The highest BCUT2D eigenvalue weighted by molar-refractivity contribution is 7.98. The lowest BCUT2D eigenvalue weighted by Crippen LogP contribution is -2.29. The van der Waals surface area contributed by atoms with Crippen LogP contribution in [0.2, 0.25) is 0 Å². The van der Waals surface area contributed by atoms with Crippen LogP contribution in [0.25, 0.3) is 0 Å². The van der Waals surface area contributed by atoms with Gasteiger partial charge in [0.1, 0.15) is 0 Å². The fourth-order valence-electron chi connectivity index (χ4n) is 1.30. The number of aliphatic hydroxyl groups is 1. The lowest BCUT2D eigenvalue weighted by atomic mass is 10.2. The second kappa shape index (κ2) is 6.47. The van der Waals surface area contributed by atoms with Gasteiger partial charge in [-0.3, -0.25) is 0 Å². The highest BCUT2D eigenvalue weighted by atomic mass is 32.2. The van der Waals surface area contributed by atoms with E-state index in [1.54, 1.807) is 24.5 Å². The Morgan fingerprint density at radius 1 is 1.56 bits per heavy atom. The van der Waals surface area contributed by atoms with Crippen LogP contribution in [0.1, 0.15) is 31.2 Å². The van der Waals surface area contributed by atoms with Gasteiger partial charge in [-0.1, -0.05) is 11.3 Å². The van der Waals surface area contributed by atoms with Crippen LogP contribution in [0, 0.1) is 0 Å². The molecule has 3 nitrogen and oxygen atoms in total. The molecule has 0 amide bonds. The van der Waals surface area contributed by atoms with Crippen molar-refractivity contribution in [2.45, 2.75) is 32.4 Å². The molecule has 16 heavy (non-hydrogen) atoms. The Labute approximate surface area is 106 Å². The zero-order valence-electron chi connectivity index (χ0n) is 10.3. The molecule has 1 rings (SSSR count). The van der Waals surface area contributed by atoms with Gasteiger partial charge in [-0.25, -0.2) is 4.98 Å². The fraction of sp³-hybridized carbons (Fsp3) is 0.727. The van der Waals surface area contributed by atoms with Crippen molar-refractivity contribution in [2.24, 2.45) is 0 Å². The van der Waals surface area contributed by atoms with E-state index in [1.165, 1.54) is 5.75 Å². The van der Waals surface area contributed by atoms with Gasteiger partial charge in [0.05, 0.1) is 11.0 Å². The molecule has 0 saturated carbocycles. The molecule has 0 aliphatic heterocycles. The Hall–Kier alpha value is -0.260. The van der Waals surface area contributed by atoms with E-state index in [0.717, 1.165) is 16.4 Å². The summed E-state index contributed by atoms with van der Waals surface area (Å²) in [5.41, 5.74) is 0. The second-order valence-corrected chi connectivity index (χ2v) is 5.99. The number of hydrogen-bond acceptors (Lipinski definition) is 5. The monoisotopic (exact) mass is 260 g/mol. The topological polar surface area (TPSA) is 36.4 Å². The molecular weight excluding hydrogens is 240 g/mol. The lowest BCUT2D eigenvalue weighted by Gasteiger charge is -2.23. The Morgan fingerprint density at radius 2 is 2.25 bits per heavy atom.